The van der Waals surface area contributed by atoms with Gasteiger partial charge in [-0.25, -0.2) is 4.98 Å². The van der Waals surface area contributed by atoms with Crippen molar-refractivity contribution in [3.05, 3.63) is 11.9 Å². The topological polar surface area (TPSA) is 64.4 Å². The molecule has 0 bridgehead atoms. The summed E-state index contributed by atoms with van der Waals surface area (Å²) in [5.41, 5.74) is 1.16. The summed E-state index contributed by atoms with van der Waals surface area (Å²) in [6.45, 7) is 8.11. The summed E-state index contributed by atoms with van der Waals surface area (Å²) >= 11 is 1.29. The SMILES string of the molecule is COCCCCCn1c(C(C)(C)C)cnc1SCC(=O)O. The minimum absolute atomic E-state index is 0.00155. The Morgan fingerprint density at radius 3 is 2.67 bits per heavy atom. The number of aromatic nitrogens is 2. The van der Waals surface area contributed by atoms with Crippen LogP contribution < -0.4 is 0 Å². The van der Waals surface area contributed by atoms with Crippen molar-refractivity contribution in [3.8, 4) is 0 Å². The third kappa shape index (κ3) is 6.09. The van der Waals surface area contributed by atoms with Crippen LogP contribution in [0.5, 0.6) is 0 Å². The van der Waals surface area contributed by atoms with E-state index >= 15 is 0 Å². The van der Waals surface area contributed by atoms with Crippen molar-refractivity contribution in [2.24, 2.45) is 0 Å². The maximum absolute atomic E-state index is 10.7. The van der Waals surface area contributed by atoms with Crippen LogP contribution in [0.3, 0.4) is 0 Å². The molecule has 6 heteroatoms. The third-order valence-electron chi connectivity index (χ3n) is 3.14. The fourth-order valence-corrected chi connectivity index (χ4v) is 2.83. The Balaban J connectivity index is 2.74. The quantitative estimate of drug-likeness (QED) is 0.560. The van der Waals surface area contributed by atoms with E-state index in [-0.39, 0.29) is 11.2 Å². The average molecular weight is 314 g/mol. The summed E-state index contributed by atoms with van der Waals surface area (Å²) in [4.78, 5) is 15.2. The lowest BCUT2D eigenvalue weighted by Gasteiger charge is -2.21. The second-order valence-electron chi connectivity index (χ2n) is 6.06. The molecule has 0 amide bonds. The van der Waals surface area contributed by atoms with Gasteiger partial charge in [0.2, 0.25) is 0 Å². The molecule has 0 aliphatic heterocycles. The summed E-state index contributed by atoms with van der Waals surface area (Å²) in [6, 6.07) is 0. The van der Waals surface area contributed by atoms with Crippen molar-refractivity contribution in [3.63, 3.8) is 0 Å². The number of rotatable bonds is 9. The van der Waals surface area contributed by atoms with E-state index in [0.29, 0.717) is 0 Å². The molecule has 0 aliphatic rings. The maximum atomic E-state index is 10.7. The zero-order valence-electron chi connectivity index (χ0n) is 13.4. The molecule has 1 heterocycles. The molecule has 1 aromatic rings. The predicted molar refractivity (Wildman–Crippen MR) is 85.0 cm³/mol. The van der Waals surface area contributed by atoms with Gasteiger partial charge in [0.1, 0.15) is 0 Å². The van der Waals surface area contributed by atoms with Crippen molar-refractivity contribution >= 4 is 17.7 Å². The zero-order valence-corrected chi connectivity index (χ0v) is 14.2. The van der Waals surface area contributed by atoms with Crippen molar-refractivity contribution in [2.45, 2.75) is 57.1 Å². The number of ether oxygens (including phenoxy) is 1. The van der Waals surface area contributed by atoms with Gasteiger partial charge in [0, 0.05) is 37.6 Å². The number of carbonyl (C=O) groups is 1. The molecule has 0 atom stereocenters. The molecule has 0 aliphatic carbocycles. The van der Waals surface area contributed by atoms with E-state index in [1.54, 1.807) is 7.11 Å². The number of carboxylic acid groups (broad SMARTS) is 1. The Morgan fingerprint density at radius 1 is 1.38 bits per heavy atom. The van der Waals surface area contributed by atoms with Gasteiger partial charge in [-0.15, -0.1) is 0 Å². The van der Waals surface area contributed by atoms with Crippen molar-refractivity contribution in [1.82, 2.24) is 9.55 Å². The Kier molecular flexibility index (Phi) is 7.25. The molecule has 0 spiro atoms. The van der Waals surface area contributed by atoms with E-state index in [1.165, 1.54) is 11.8 Å². The summed E-state index contributed by atoms with van der Waals surface area (Å²) in [5.74, 6) is -0.767. The Hall–Kier alpha value is -1.01. The summed E-state index contributed by atoms with van der Waals surface area (Å²) in [7, 11) is 1.72. The number of carboxylic acids is 1. The van der Waals surface area contributed by atoms with Crippen LogP contribution in [0.2, 0.25) is 0 Å². The minimum Gasteiger partial charge on any atom is -0.481 e. The zero-order chi connectivity index (χ0) is 15.9. The first-order chi connectivity index (χ1) is 9.86. The number of aliphatic carboxylic acids is 1. The molecule has 120 valence electrons. The molecular weight excluding hydrogens is 288 g/mol. The van der Waals surface area contributed by atoms with Gasteiger partial charge in [0.25, 0.3) is 0 Å². The van der Waals surface area contributed by atoms with Crippen molar-refractivity contribution in [2.75, 3.05) is 19.5 Å². The van der Waals surface area contributed by atoms with Gasteiger partial charge < -0.3 is 14.4 Å². The molecule has 0 radical (unpaired) electrons. The first-order valence-electron chi connectivity index (χ1n) is 7.25. The Bertz CT molecular complexity index is 452. The molecule has 0 saturated heterocycles. The van der Waals surface area contributed by atoms with Crippen LogP contribution in [0, 0.1) is 0 Å². The van der Waals surface area contributed by atoms with Gasteiger partial charge in [-0.05, 0) is 19.3 Å². The van der Waals surface area contributed by atoms with Gasteiger partial charge in [-0.3, -0.25) is 4.79 Å². The van der Waals surface area contributed by atoms with Crippen molar-refractivity contribution in [1.29, 1.82) is 0 Å². The highest BCUT2D eigenvalue weighted by molar-refractivity contribution is 7.99. The van der Waals surface area contributed by atoms with Gasteiger partial charge in [-0.1, -0.05) is 32.5 Å². The molecule has 0 aromatic carbocycles. The molecule has 0 fully saturated rings. The lowest BCUT2D eigenvalue weighted by atomic mass is 9.92. The normalized spacial score (nSPS) is 11.8. The average Bonchev–Trinajstić information content (AvgIpc) is 2.79. The van der Waals surface area contributed by atoms with E-state index < -0.39 is 5.97 Å². The number of hydrogen-bond donors (Lipinski definition) is 1. The molecule has 21 heavy (non-hydrogen) atoms. The fraction of sp³-hybridized carbons (Fsp3) is 0.733. The number of methoxy groups -OCH3 is 1. The number of hydrogen-bond acceptors (Lipinski definition) is 4. The highest BCUT2D eigenvalue weighted by Gasteiger charge is 2.21. The van der Waals surface area contributed by atoms with Crippen LogP contribution in [0.4, 0.5) is 0 Å². The second kappa shape index (κ2) is 8.44. The number of unbranched alkanes of at least 4 members (excludes halogenated alkanes) is 2. The van der Waals surface area contributed by atoms with Crippen LogP contribution >= 0.6 is 11.8 Å². The number of thioether (sulfide) groups is 1. The largest absolute Gasteiger partial charge is 0.481 e. The first kappa shape index (κ1) is 18.0. The van der Waals surface area contributed by atoms with Gasteiger partial charge in [0.15, 0.2) is 5.16 Å². The van der Waals surface area contributed by atoms with Crippen LogP contribution in [-0.2, 0) is 21.5 Å². The van der Waals surface area contributed by atoms with Gasteiger partial charge in [-0.2, -0.15) is 0 Å². The Morgan fingerprint density at radius 2 is 2.10 bits per heavy atom. The van der Waals surface area contributed by atoms with Crippen LogP contribution in [-0.4, -0.2) is 40.1 Å². The standard InChI is InChI=1S/C15H26N2O3S/c1-15(2,3)12-10-16-14(21-11-13(18)19)17(12)8-6-5-7-9-20-4/h10H,5-9,11H2,1-4H3,(H,18,19). The number of imidazole rings is 1. The van der Waals surface area contributed by atoms with E-state index in [4.69, 9.17) is 9.84 Å². The highest BCUT2D eigenvalue weighted by atomic mass is 32.2. The molecule has 1 rings (SSSR count). The third-order valence-corrected chi connectivity index (χ3v) is 4.12. The minimum atomic E-state index is -0.813. The van der Waals surface area contributed by atoms with Crippen LogP contribution in [0.25, 0.3) is 0 Å². The Labute approximate surface area is 131 Å². The molecule has 0 saturated carbocycles. The van der Waals surface area contributed by atoms with E-state index in [1.807, 2.05) is 6.20 Å². The van der Waals surface area contributed by atoms with Gasteiger partial charge >= 0.3 is 5.97 Å². The lowest BCUT2D eigenvalue weighted by molar-refractivity contribution is -0.133. The van der Waals surface area contributed by atoms with Crippen LogP contribution in [0.15, 0.2) is 11.4 Å². The maximum Gasteiger partial charge on any atom is 0.313 e. The lowest BCUT2D eigenvalue weighted by Crippen LogP contribution is -2.18. The van der Waals surface area contributed by atoms with Gasteiger partial charge in [0.05, 0.1) is 5.75 Å². The molecule has 0 unspecified atom stereocenters. The first-order valence-corrected chi connectivity index (χ1v) is 8.24. The van der Waals surface area contributed by atoms with E-state index in [0.717, 1.165) is 43.3 Å². The van der Waals surface area contributed by atoms with E-state index in [2.05, 4.69) is 30.3 Å². The number of nitrogens with zero attached hydrogens (tertiary/aromatic N) is 2. The molecule has 1 aromatic heterocycles. The van der Waals surface area contributed by atoms with Crippen LogP contribution in [0.1, 0.15) is 45.7 Å². The van der Waals surface area contributed by atoms with Crippen molar-refractivity contribution < 1.29 is 14.6 Å². The second-order valence-corrected chi connectivity index (χ2v) is 7.01. The summed E-state index contributed by atoms with van der Waals surface area (Å²) in [6.07, 6.45) is 5.06. The highest BCUT2D eigenvalue weighted by Crippen LogP contribution is 2.28. The monoisotopic (exact) mass is 314 g/mol. The fourth-order valence-electron chi connectivity index (χ4n) is 2.11. The smallest absolute Gasteiger partial charge is 0.313 e. The molecular formula is C15H26N2O3S. The predicted octanol–water partition coefficient (Wildman–Crippen LogP) is 3.17. The molecule has 5 nitrogen and oxygen atoms in total. The summed E-state index contributed by atoms with van der Waals surface area (Å²) < 4.78 is 7.22. The van der Waals surface area contributed by atoms with E-state index in [9.17, 15) is 4.79 Å². The summed E-state index contributed by atoms with van der Waals surface area (Å²) in [5, 5.41) is 9.63. The molecule has 1 N–H and O–H groups in total.